The molecule has 0 aromatic heterocycles. The molecule has 1 heterocycles. The molecule has 0 unspecified atom stereocenters. The summed E-state index contributed by atoms with van der Waals surface area (Å²) < 4.78 is 23.4. The standard InChI is InChI=1S/C14H19FN2O3/c1-19-14(18)17-8-6-16(7-9-17)10-11-20-13-5-3-2-4-12(13)15/h2-5H,6-11H2,1H3. The predicted octanol–water partition coefficient (Wildman–Crippen LogP) is 1.59. The van der Waals surface area contributed by atoms with Gasteiger partial charge in [-0.2, -0.15) is 0 Å². The summed E-state index contributed by atoms with van der Waals surface area (Å²) in [6, 6.07) is 6.37. The average Bonchev–Trinajstić information content (AvgIpc) is 2.49. The van der Waals surface area contributed by atoms with E-state index in [2.05, 4.69) is 9.64 Å². The molecule has 2 rings (SSSR count). The smallest absolute Gasteiger partial charge is 0.409 e. The van der Waals surface area contributed by atoms with E-state index in [1.807, 2.05) is 0 Å². The van der Waals surface area contributed by atoms with Crippen LogP contribution in [0.25, 0.3) is 0 Å². The third-order valence-electron chi connectivity index (χ3n) is 3.31. The van der Waals surface area contributed by atoms with Crippen LogP contribution in [0.2, 0.25) is 0 Å². The predicted molar refractivity (Wildman–Crippen MR) is 72.3 cm³/mol. The monoisotopic (exact) mass is 282 g/mol. The van der Waals surface area contributed by atoms with Gasteiger partial charge in [0.2, 0.25) is 0 Å². The lowest BCUT2D eigenvalue weighted by Crippen LogP contribution is -2.49. The van der Waals surface area contributed by atoms with Crippen molar-refractivity contribution in [1.82, 2.24) is 9.80 Å². The number of halogens is 1. The van der Waals surface area contributed by atoms with Gasteiger partial charge in [0, 0.05) is 32.7 Å². The molecule has 1 fully saturated rings. The fourth-order valence-electron chi connectivity index (χ4n) is 2.13. The molecule has 0 N–H and O–H groups in total. The molecule has 5 nitrogen and oxygen atoms in total. The van der Waals surface area contributed by atoms with Crippen LogP contribution in [0, 0.1) is 5.82 Å². The van der Waals surface area contributed by atoms with Crippen LogP contribution < -0.4 is 4.74 Å². The highest BCUT2D eigenvalue weighted by Gasteiger charge is 2.21. The van der Waals surface area contributed by atoms with E-state index in [1.54, 1.807) is 23.1 Å². The number of ether oxygens (including phenoxy) is 2. The number of hydrogen-bond donors (Lipinski definition) is 0. The van der Waals surface area contributed by atoms with Crippen LogP contribution in [-0.4, -0.2) is 62.3 Å². The van der Waals surface area contributed by atoms with Gasteiger partial charge in [0.1, 0.15) is 6.61 Å². The first-order chi connectivity index (χ1) is 9.70. The van der Waals surface area contributed by atoms with Gasteiger partial charge >= 0.3 is 6.09 Å². The molecule has 20 heavy (non-hydrogen) atoms. The number of benzene rings is 1. The van der Waals surface area contributed by atoms with E-state index in [9.17, 15) is 9.18 Å². The molecule has 0 bridgehead atoms. The van der Waals surface area contributed by atoms with Gasteiger partial charge in [0.25, 0.3) is 0 Å². The Hall–Kier alpha value is -1.82. The number of hydrogen-bond acceptors (Lipinski definition) is 4. The van der Waals surface area contributed by atoms with Crippen LogP contribution in [0.4, 0.5) is 9.18 Å². The van der Waals surface area contributed by atoms with Crippen LogP contribution in [0.5, 0.6) is 5.75 Å². The molecule has 1 saturated heterocycles. The average molecular weight is 282 g/mol. The van der Waals surface area contributed by atoms with Crippen molar-refractivity contribution in [3.8, 4) is 5.75 Å². The second-order valence-corrected chi connectivity index (χ2v) is 4.58. The zero-order valence-electron chi connectivity index (χ0n) is 11.5. The molecule has 0 spiro atoms. The van der Waals surface area contributed by atoms with Crippen LogP contribution >= 0.6 is 0 Å². The minimum absolute atomic E-state index is 0.278. The Balaban J connectivity index is 1.69. The molecular weight excluding hydrogens is 263 g/mol. The van der Waals surface area contributed by atoms with E-state index in [-0.39, 0.29) is 17.7 Å². The molecule has 0 aliphatic carbocycles. The summed E-state index contributed by atoms with van der Waals surface area (Å²) in [5.41, 5.74) is 0. The van der Waals surface area contributed by atoms with Crippen molar-refractivity contribution in [3.63, 3.8) is 0 Å². The highest BCUT2D eigenvalue weighted by molar-refractivity contribution is 5.67. The van der Waals surface area contributed by atoms with Gasteiger partial charge in [-0.05, 0) is 12.1 Å². The van der Waals surface area contributed by atoms with Crippen molar-refractivity contribution in [1.29, 1.82) is 0 Å². The van der Waals surface area contributed by atoms with E-state index in [0.29, 0.717) is 26.2 Å². The second kappa shape index (κ2) is 7.09. The Morgan fingerprint density at radius 3 is 2.60 bits per heavy atom. The first kappa shape index (κ1) is 14.6. The largest absolute Gasteiger partial charge is 0.489 e. The zero-order valence-corrected chi connectivity index (χ0v) is 11.5. The Kier molecular flexibility index (Phi) is 5.17. The maximum absolute atomic E-state index is 13.3. The minimum atomic E-state index is -0.344. The number of nitrogens with zero attached hydrogens (tertiary/aromatic N) is 2. The van der Waals surface area contributed by atoms with Crippen LogP contribution in [0.15, 0.2) is 24.3 Å². The van der Waals surface area contributed by atoms with Gasteiger partial charge in [0.15, 0.2) is 11.6 Å². The number of carbonyl (C=O) groups is 1. The maximum atomic E-state index is 13.3. The molecule has 0 atom stereocenters. The summed E-state index contributed by atoms with van der Waals surface area (Å²) in [5, 5.41) is 0. The lowest BCUT2D eigenvalue weighted by atomic mass is 10.3. The Morgan fingerprint density at radius 1 is 1.25 bits per heavy atom. The first-order valence-corrected chi connectivity index (χ1v) is 6.63. The van der Waals surface area contributed by atoms with Gasteiger partial charge in [0.05, 0.1) is 7.11 Å². The Bertz CT molecular complexity index is 448. The van der Waals surface area contributed by atoms with Gasteiger partial charge in [-0.1, -0.05) is 12.1 Å². The molecular formula is C14H19FN2O3. The number of methoxy groups -OCH3 is 1. The number of amides is 1. The lowest BCUT2D eigenvalue weighted by Gasteiger charge is -2.33. The second-order valence-electron chi connectivity index (χ2n) is 4.58. The maximum Gasteiger partial charge on any atom is 0.409 e. The molecule has 1 aliphatic heterocycles. The number of para-hydroxylation sites is 1. The van der Waals surface area contributed by atoms with Crippen LogP contribution in [-0.2, 0) is 4.74 Å². The molecule has 0 radical (unpaired) electrons. The van der Waals surface area contributed by atoms with Crippen molar-refractivity contribution in [2.45, 2.75) is 0 Å². The SMILES string of the molecule is COC(=O)N1CCN(CCOc2ccccc2F)CC1. The van der Waals surface area contributed by atoms with Gasteiger partial charge in [-0.3, -0.25) is 4.90 Å². The van der Waals surface area contributed by atoms with E-state index in [1.165, 1.54) is 13.2 Å². The Labute approximate surface area is 117 Å². The zero-order chi connectivity index (χ0) is 14.4. The third-order valence-corrected chi connectivity index (χ3v) is 3.31. The summed E-state index contributed by atoms with van der Waals surface area (Å²) in [6.07, 6.45) is -0.285. The highest BCUT2D eigenvalue weighted by atomic mass is 19.1. The van der Waals surface area contributed by atoms with E-state index in [0.717, 1.165) is 13.1 Å². The van der Waals surface area contributed by atoms with E-state index in [4.69, 9.17) is 4.74 Å². The van der Waals surface area contributed by atoms with Gasteiger partial charge in [-0.15, -0.1) is 0 Å². The number of piperazine rings is 1. The summed E-state index contributed by atoms with van der Waals surface area (Å²) >= 11 is 0. The quantitative estimate of drug-likeness (QED) is 0.841. The summed E-state index contributed by atoms with van der Waals surface area (Å²) in [7, 11) is 1.39. The molecule has 1 amide bonds. The summed E-state index contributed by atoms with van der Waals surface area (Å²) in [6.45, 7) is 3.98. The van der Waals surface area contributed by atoms with Crippen molar-refractivity contribution in [2.75, 3.05) is 46.4 Å². The highest BCUT2D eigenvalue weighted by Crippen LogP contribution is 2.15. The summed E-state index contributed by atoms with van der Waals surface area (Å²) in [5.74, 6) is -0.0660. The summed E-state index contributed by atoms with van der Waals surface area (Å²) in [4.78, 5) is 15.2. The van der Waals surface area contributed by atoms with Gasteiger partial charge in [-0.25, -0.2) is 9.18 Å². The molecule has 1 aromatic rings. The van der Waals surface area contributed by atoms with Crippen LogP contribution in [0.1, 0.15) is 0 Å². The van der Waals surface area contributed by atoms with Crippen molar-refractivity contribution in [2.24, 2.45) is 0 Å². The lowest BCUT2D eigenvalue weighted by molar-refractivity contribution is 0.0857. The topological polar surface area (TPSA) is 42.0 Å². The third kappa shape index (κ3) is 3.84. The molecule has 1 aliphatic rings. The molecule has 0 saturated carbocycles. The fourth-order valence-corrected chi connectivity index (χ4v) is 2.13. The number of carbonyl (C=O) groups excluding carboxylic acids is 1. The Morgan fingerprint density at radius 2 is 1.95 bits per heavy atom. The van der Waals surface area contributed by atoms with E-state index < -0.39 is 0 Å². The van der Waals surface area contributed by atoms with Crippen molar-refractivity contribution < 1.29 is 18.7 Å². The van der Waals surface area contributed by atoms with Gasteiger partial charge < -0.3 is 14.4 Å². The molecule has 1 aromatic carbocycles. The molecule has 6 heteroatoms. The number of rotatable bonds is 4. The first-order valence-electron chi connectivity index (χ1n) is 6.63. The normalized spacial score (nSPS) is 16.0. The van der Waals surface area contributed by atoms with Crippen molar-refractivity contribution >= 4 is 6.09 Å². The van der Waals surface area contributed by atoms with Crippen LogP contribution in [0.3, 0.4) is 0 Å². The van der Waals surface area contributed by atoms with E-state index >= 15 is 0 Å². The van der Waals surface area contributed by atoms with Crippen molar-refractivity contribution in [3.05, 3.63) is 30.1 Å². The fraction of sp³-hybridized carbons (Fsp3) is 0.500. The molecule has 110 valence electrons. The minimum Gasteiger partial charge on any atom is -0.489 e.